The zero-order chi connectivity index (χ0) is 12.5. The Bertz CT molecular complexity index is 297. The second-order valence-corrected chi connectivity index (χ2v) is 4.44. The van der Waals surface area contributed by atoms with Crippen molar-refractivity contribution in [2.75, 3.05) is 13.2 Å². The quantitative estimate of drug-likeness (QED) is 0.671. The summed E-state index contributed by atoms with van der Waals surface area (Å²) in [5, 5.41) is 7.67. The van der Waals surface area contributed by atoms with Gasteiger partial charge in [0, 0.05) is 25.9 Å². The van der Waals surface area contributed by atoms with Crippen LogP contribution in [0.2, 0.25) is 0 Å². The molecule has 0 saturated heterocycles. The summed E-state index contributed by atoms with van der Waals surface area (Å²) in [7, 11) is 0. The Kier molecular flexibility index (Phi) is 6.89. The Labute approximate surface area is 104 Å². The Balaban J connectivity index is 2.01. The maximum atomic E-state index is 5.49. The average molecular weight is 239 g/mol. The van der Waals surface area contributed by atoms with Gasteiger partial charge in [-0.1, -0.05) is 0 Å². The highest BCUT2D eigenvalue weighted by Crippen LogP contribution is 1.98. The first-order chi connectivity index (χ1) is 8.24. The summed E-state index contributed by atoms with van der Waals surface area (Å²) in [5.74, 6) is 0. The van der Waals surface area contributed by atoms with Crippen molar-refractivity contribution in [1.82, 2.24) is 15.1 Å². The van der Waals surface area contributed by atoms with Crippen LogP contribution in [-0.4, -0.2) is 29.0 Å². The number of aromatic nitrogens is 2. The van der Waals surface area contributed by atoms with Crippen LogP contribution in [0.25, 0.3) is 0 Å². The number of nitrogens with one attached hydrogen (secondary N) is 1. The Morgan fingerprint density at radius 2 is 2.24 bits per heavy atom. The molecular weight excluding hydrogens is 214 g/mol. The van der Waals surface area contributed by atoms with Gasteiger partial charge in [0.2, 0.25) is 0 Å². The summed E-state index contributed by atoms with van der Waals surface area (Å²) in [5.41, 5.74) is 1.26. The lowest BCUT2D eigenvalue weighted by Crippen LogP contribution is -2.18. The normalized spacial score (nSPS) is 11.3. The van der Waals surface area contributed by atoms with E-state index >= 15 is 0 Å². The molecule has 98 valence electrons. The zero-order valence-corrected chi connectivity index (χ0v) is 11.3. The Hall–Kier alpha value is -0.870. The van der Waals surface area contributed by atoms with E-state index in [2.05, 4.69) is 37.3 Å². The lowest BCUT2D eigenvalue weighted by atomic mass is 10.3. The molecule has 0 fully saturated rings. The summed E-state index contributed by atoms with van der Waals surface area (Å²) in [6.45, 7) is 10.0. The van der Waals surface area contributed by atoms with Gasteiger partial charge in [-0.2, -0.15) is 5.10 Å². The molecule has 1 aromatic heterocycles. The summed E-state index contributed by atoms with van der Waals surface area (Å²) >= 11 is 0. The molecule has 0 spiro atoms. The summed E-state index contributed by atoms with van der Waals surface area (Å²) in [6, 6.07) is 2.07. The molecule has 0 aliphatic carbocycles. The standard InChI is InChI=1S/C13H25N3O/c1-4-16-13(7-9-15-16)11-14-8-5-6-10-17-12(2)3/h7,9,12,14H,4-6,8,10-11H2,1-3H3. The second-order valence-electron chi connectivity index (χ2n) is 4.44. The topological polar surface area (TPSA) is 39.1 Å². The molecule has 0 aliphatic rings. The van der Waals surface area contributed by atoms with E-state index in [0.717, 1.165) is 39.1 Å². The number of hydrogen-bond acceptors (Lipinski definition) is 3. The van der Waals surface area contributed by atoms with Gasteiger partial charge in [-0.15, -0.1) is 0 Å². The molecule has 0 atom stereocenters. The van der Waals surface area contributed by atoms with Crippen molar-refractivity contribution in [2.45, 2.75) is 52.8 Å². The Morgan fingerprint density at radius 3 is 2.94 bits per heavy atom. The molecule has 1 rings (SSSR count). The van der Waals surface area contributed by atoms with Crippen LogP contribution in [-0.2, 0) is 17.8 Å². The minimum Gasteiger partial charge on any atom is -0.379 e. The van der Waals surface area contributed by atoms with Gasteiger partial charge in [-0.25, -0.2) is 0 Å². The number of hydrogen-bond donors (Lipinski definition) is 1. The predicted molar refractivity (Wildman–Crippen MR) is 69.9 cm³/mol. The molecule has 1 heterocycles. The van der Waals surface area contributed by atoms with Crippen molar-refractivity contribution in [1.29, 1.82) is 0 Å². The second kappa shape index (κ2) is 8.25. The summed E-state index contributed by atoms with van der Waals surface area (Å²) in [4.78, 5) is 0. The van der Waals surface area contributed by atoms with Gasteiger partial charge >= 0.3 is 0 Å². The number of nitrogens with zero attached hydrogens (tertiary/aromatic N) is 2. The lowest BCUT2D eigenvalue weighted by Gasteiger charge is -2.08. The largest absolute Gasteiger partial charge is 0.379 e. The van der Waals surface area contributed by atoms with Crippen LogP contribution in [0.15, 0.2) is 12.3 Å². The van der Waals surface area contributed by atoms with Crippen molar-refractivity contribution in [2.24, 2.45) is 0 Å². The molecule has 1 N–H and O–H groups in total. The van der Waals surface area contributed by atoms with E-state index in [4.69, 9.17) is 4.74 Å². The molecule has 0 saturated carbocycles. The average Bonchev–Trinajstić information content (AvgIpc) is 2.74. The van der Waals surface area contributed by atoms with E-state index in [-0.39, 0.29) is 0 Å². The van der Waals surface area contributed by atoms with Gasteiger partial charge in [0.05, 0.1) is 11.8 Å². The third-order valence-electron chi connectivity index (χ3n) is 2.61. The molecule has 0 radical (unpaired) electrons. The van der Waals surface area contributed by atoms with E-state index in [1.54, 1.807) is 0 Å². The number of unbranched alkanes of at least 4 members (excludes halogenated alkanes) is 1. The number of ether oxygens (including phenoxy) is 1. The highest BCUT2D eigenvalue weighted by Gasteiger charge is 1.99. The highest BCUT2D eigenvalue weighted by atomic mass is 16.5. The Morgan fingerprint density at radius 1 is 1.41 bits per heavy atom. The maximum absolute atomic E-state index is 5.49. The highest BCUT2D eigenvalue weighted by molar-refractivity contribution is 4.99. The van der Waals surface area contributed by atoms with Crippen molar-refractivity contribution in [3.05, 3.63) is 18.0 Å². The van der Waals surface area contributed by atoms with Crippen molar-refractivity contribution >= 4 is 0 Å². The molecule has 4 heteroatoms. The molecule has 4 nitrogen and oxygen atoms in total. The van der Waals surface area contributed by atoms with Crippen LogP contribution >= 0.6 is 0 Å². The fraction of sp³-hybridized carbons (Fsp3) is 0.769. The molecule has 1 aromatic rings. The minimum atomic E-state index is 0.349. The van der Waals surface area contributed by atoms with Gasteiger partial charge in [0.25, 0.3) is 0 Å². The molecule has 0 aromatic carbocycles. The lowest BCUT2D eigenvalue weighted by molar-refractivity contribution is 0.0760. The van der Waals surface area contributed by atoms with Crippen molar-refractivity contribution in [3.63, 3.8) is 0 Å². The van der Waals surface area contributed by atoms with Crippen LogP contribution in [0.3, 0.4) is 0 Å². The van der Waals surface area contributed by atoms with E-state index in [0.29, 0.717) is 6.10 Å². The van der Waals surface area contributed by atoms with Crippen LogP contribution in [0.1, 0.15) is 39.3 Å². The van der Waals surface area contributed by atoms with Crippen LogP contribution in [0, 0.1) is 0 Å². The number of rotatable bonds is 9. The van der Waals surface area contributed by atoms with Crippen molar-refractivity contribution in [3.8, 4) is 0 Å². The van der Waals surface area contributed by atoms with Gasteiger partial charge in [-0.3, -0.25) is 4.68 Å². The molecule has 0 aliphatic heterocycles. The minimum absolute atomic E-state index is 0.349. The monoisotopic (exact) mass is 239 g/mol. The first kappa shape index (κ1) is 14.2. The summed E-state index contributed by atoms with van der Waals surface area (Å²) < 4.78 is 7.51. The molecule has 0 unspecified atom stereocenters. The smallest absolute Gasteiger partial charge is 0.0521 e. The van der Waals surface area contributed by atoms with Crippen LogP contribution in [0.4, 0.5) is 0 Å². The molecular formula is C13H25N3O. The van der Waals surface area contributed by atoms with E-state index in [1.807, 2.05) is 10.9 Å². The van der Waals surface area contributed by atoms with E-state index in [9.17, 15) is 0 Å². The predicted octanol–water partition coefficient (Wildman–Crippen LogP) is 2.20. The molecule has 0 amide bonds. The fourth-order valence-electron chi connectivity index (χ4n) is 1.68. The SMILES string of the molecule is CCn1nccc1CNCCCCOC(C)C. The first-order valence-electron chi connectivity index (χ1n) is 6.57. The summed E-state index contributed by atoms with van der Waals surface area (Å²) in [6.07, 6.45) is 4.49. The fourth-order valence-corrected chi connectivity index (χ4v) is 1.68. The number of aryl methyl sites for hydroxylation is 1. The van der Waals surface area contributed by atoms with Gasteiger partial charge in [-0.05, 0) is 46.2 Å². The van der Waals surface area contributed by atoms with Crippen molar-refractivity contribution < 1.29 is 4.74 Å². The van der Waals surface area contributed by atoms with E-state index in [1.165, 1.54) is 5.69 Å². The van der Waals surface area contributed by atoms with Gasteiger partial charge in [0.15, 0.2) is 0 Å². The zero-order valence-electron chi connectivity index (χ0n) is 11.3. The van der Waals surface area contributed by atoms with Crippen LogP contribution < -0.4 is 5.32 Å². The third-order valence-corrected chi connectivity index (χ3v) is 2.61. The molecule has 17 heavy (non-hydrogen) atoms. The van der Waals surface area contributed by atoms with Gasteiger partial charge in [0.1, 0.15) is 0 Å². The third kappa shape index (κ3) is 5.84. The van der Waals surface area contributed by atoms with Gasteiger partial charge < -0.3 is 10.1 Å². The molecule has 0 bridgehead atoms. The maximum Gasteiger partial charge on any atom is 0.0521 e. The first-order valence-corrected chi connectivity index (χ1v) is 6.57. The van der Waals surface area contributed by atoms with E-state index < -0.39 is 0 Å². The van der Waals surface area contributed by atoms with Crippen LogP contribution in [0.5, 0.6) is 0 Å².